The summed E-state index contributed by atoms with van der Waals surface area (Å²) in [5.41, 5.74) is -0.738. The lowest BCUT2D eigenvalue weighted by atomic mass is 9.79. The summed E-state index contributed by atoms with van der Waals surface area (Å²) in [6.45, 7) is 3.83. The average molecular weight is 257 g/mol. The van der Waals surface area contributed by atoms with Gasteiger partial charge in [-0.2, -0.15) is 0 Å². The van der Waals surface area contributed by atoms with Crippen LogP contribution in [-0.4, -0.2) is 49.1 Å². The molecule has 1 heterocycles. The zero-order valence-corrected chi connectivity index (χ0v) is 11.0. The van der Waals surface area contributed by atoms with Crippen LogP contribution in [0.2, 0.25) is 0 Å². The molecule has 1 amide bonds. The summed E-state index contributed by atoms with van der Waals surface area (Å²) in [6.07, 6.45) is 3.04. The third-order valence-corrected chi connectivity index (χ3v) is 3.91. The standard InChI is InChI=1S/C13H23NO4/c1-10-2-4-13(16,5-3-10)9-14-12(15)11-8-17-6-7-18-11/h10-11,16H,2-9H2,1H3,(H,14,15). The van der Waals surface area contributed by atoms with Gasteiger partial charge in [-0.15, -0.1) is 0 Å². The molecule has 0 aromatic rings. The topological polar surface area (TPSA) is 67.8 Å². The van der Waals surface area contributed by atoms with Gasteiger partial charge in [-0.25, -0.2) is 0 Å². The van der Waals surface area contributed by atoms with Crippen LogP contribution >= 0.6 is 0 Å². The van der Waals surface area contributed by atoms with Gasteiger partial charge in [-0.1, -0.05) is 6.92 Å². The van der Waals surface area contributed by atoms with Gasteiger partial charge in [0.05, 0.1) is 25.4 Å². The predicted molar refractivity (Wildman–Crippen MR) is 66.2 cm³/mol. The Hall–Kier alpha value is -0.650. The molecule has 1 saturated heterocycles. The van der Waals surface area contributed by atoms with Crippen LogP contribution in [0.5, 0.6) is 0 Å². The quantitative estimate of drug-likeness (QED) is 0.771. The van der Waals surface area contributed by atoms with E-state index in [0.29, 0.717) is 32.3 Å². The predicted octanol–water partition coefficient (Wildman–Crippen LogP) is 0.459. The van der Waals surface area contributed by atoms with Gasteiger partial charge in [0.2, 0.25) is 0 Å². The van der Waals surface area contributed by atoms with Crippen LogP contribution in [-0.2, 0) is 14.3 Å². The van der Waals surface area contributed by atoms with Gasteiger partial charge < -0.3 is 19.9 Å². The van der Waals surface area contributed by atoms with E-state index in [9.17, 15) is 9.90 Å². The molecule has 2 rings (SSSR count). The number of amides is 1. The second-order valence-corrected chi connectivity index (χ2v) is 5.56. The Morgan fingerprint density at radius 2 is 2.11 bits per heavy atom. The molecule has 104 valence electrons. The Labute approximate surface area is 108 Å². The molecule has 2 fully saturated rings. The highest BCUT2D eigenvalue weighted by molar-refractivity contribution is 5.81. The molecule has 1 saturated carbocycles. The maximum Gasteiger partial charge on any atom is 0.251 e. The van der Waals surface area contributed by atoms with Gasteiger partial charge in [0, 0.05) is 6.54 Å². The van der Waals surface area contributed by atoms with Gasteiger partial charge in [-0.3, -0.25) is 4.79 Å². The molecule has 0 radical (unpaired) electrons. The van der Waals surface area contributed by atoms with E-state index < -0.39 is 11.7 Å². The summed E-state index contributed by atoms with van der Waals surface area (Å²) in [6, 6.07) is 0. The first-order valence-corrected chi connectivity index (χ1v) is 6.78. The summed E-state index contributed by atoms with van der Waals surface area (Å²) < 4.78 is 10.5. The van der Waals surface area contributed by atoms with Crippen molar-refractivity contribution in [2.45, 2.75) is 44.3 Å². The molecular weight excluding hydrogens is 234 g/mol. The molecule has 0 aromatic carbocycles. The van der Waals surface area contributed by atoms with E-state index in [4.69, 9.17) is 9.47 Å². The minimum absolute atomic E-state index is 0.179. The maximum atomic E-state index is 11.8. The molecule has 1 aliphatic carbocycles. The minimum atomic E-state index is -0.738. The van der Waals surface area contributed by atoms with Crippen molar-refractivity contribution in [1.29, 1.82) is 0 Å². The molecule has 0 bridgehead atoms. The number of hydrogen-bond donors (Lipinski definition) is 2. The normalized spacial score (nSPS) is 37.2. The van der Waals surface area contributed by atoms with Crippen LogP contribution in [0.25, 0.3) is 0 Å². The summed E-state index contributed by atoms with van der Waals surface area (Å²) in [7, 11) is 0. The number of ether oxygens (including phenoxy) is 2. The van der Waals surface area contributed by atoms with E-state index in [2.05, 4.69) is 12.2 Å². The molecule has 2 N–H and O–H groups in total. The molecule has 0 spiro atoms. The van der Waals surface area contributed by atoms with Crippen LogP contribution in [0.1, 0.15) is 32.6 Å². The number of hydrogen-bond acceptors (Lipinski definition) is 4. The highest BCUT2D eigenvalue weighted by atomic mass is 16.6. The van der Waals surface area contributed by atoms with E-state index in [-0.39, 0.29) is 5.91 Å². The third kappa shape index (κ3) is 3.67. The zero-order chi connectivity index (χ0) is 13.0. The number of nitrogens with one attached hydrogen (secondary N) is 1. The van der Waals surface area contributed by atoms with E-state index in [1.54, 1.807) is 0 Å². The fourth-order valence-electron chi connectivity index (χ4n) is 2.48. The Balaban J connectivity index is 1.74. The van der Waals surface area contributed by atoms with Crippen molar-refractivity contribution < 1.29 is 19.4 Å². The Bertz CT molecular complexity index is 281. The van der Waals surface area contributed by atoms with E-state index >= 15 is 0 Å². The van der Waals surface area contributed by atoms with Gasteiger partial charge >= 0.3 is 0 Å². The lowest BCUT2D eigenvalue weighted by molar-refractivity contribution is -0.148. The van der Waals surface area contributed by atoms with Crippen molar-refractivity contribution in [3.8, 4) is 0 Å². The van der Waals surface area contributed by atoms with Crippen molar-refractivity contribution >= 4 is 5.91 Å². The maximum absolute atomic E-state index is 11.8. The van der Waals surface area contributed by atoms with E-state index in [1.807, 2.05) is 0 Å². The number of rotatable bonds is 3. The average Bonchev–Trinajstić information content (AvgIpc) is 2.41. The fraction of sp³-hybridized carbons (Fsp3) is 0.923. The van der Waals surface area contributed by atoms with Crippen LogP contribution in [0.3, 0.4) is 0 Å². The molecular formula is C13H23NO4. The molecule has 1 aliphatic heterocycles. The first kappa shape index (κ1) is 13.8. The van der Waals surface area contributed by atoms with Gasteiger partial charge in [0.15, 0.2) is 6.10 Å². The van der Waals surface area contributed by atoms with Crippen molar-refractivity contribution in [2.75, 3.05) is 26.4 Å². The van der Waals surface area contributed by atoms with Gasteiger partial charge in [0.1, 0.15) is 0 Å². The Kier molecular flexibility index (Phi) is 4.59. The minimum Gasteiger partial charge on any atom is -0.388 e. The van der Waals surface area contributed by atoms with Crippen molar-refractivity contribution in [2.24, 2.45) is 5.92 Å². The van der Waals surface area contributed by atoms with Crippen LogP contribution < -0.4 is 5.32 Å². The van der Waals surface area contributed by atoms with Crippen molar-refractivity contribution in [3.63, 3.8) is 0 Å². The fourth-order valence-corrected chi connectivity index (χ4v) is 2.48. The zero-order valence-electron chi connectivity index (χ0n) is 11.0. The van der Waals surface area contributed by atoms with E-state index in [1.165, 1.54) is 0 Å². The molecule has 5 heteroatoms. The molecule has 1 unspecified atom stereocenters. The summed E-state index contributed by atoms with van der Waals surface area (Å²) in [5.74, 6) is 0.498. The molecule has 2 aliphatic rings. The second-order valence-electron chi connectivity index (χ2n) is 5.56. The lowest BCUT2D eigenvalue weighted by Gasteiger charge is -2.35. The molecule has 18 heavy (non-hydrogen) atoms. The number of aliphatic hydroxyl groups is 1. The number of carbonyl (C=O) groups is 1. The lowest BCUT2D eigenvalue weighted by Crippen LogP contribution is -2.50. The smallest absolute Gasteiger partial charge is 0.251 e. The van der Waals surface area contributed by atoms with Gasteiger partial charge in [0.25, 0.3) is 5.91 Å². The monoisotopic (exact) mass is 257 g/mol. The first-order valence-electron chi connectivity index (χ1n) is 6.78. The van der Waals surface area contributed by atoms with Crippen LogP contribution in [0, 0.1) is 5.92 Å². The van der Waals surface area contributed by atoms with Crippen molar-refractivity contribution in [3.05, 3.63) is 0 Å². The second kappa shape index (κ2) is 5.99. The van der Waals surface area contributed by atoms with Crippen LogP contribution in [0.4, 0.5) is 0 Å². The van der Waals surface area contributed by atoms with E-state index in [0.717, 1.165) is 25.7 Å². The number of carbonyl (C=O) groups excluding carboxylic acids is 1. The molecule has 1 atom stereocenters. The Morgan fingerprint density at radius 1 is 1.39 bits per heavy atom. The van der Waals surface area contributed by atoms with Crippen LogP contribution in [0.15, 0.2) is 0 Å². The van der Waals surface area contributed by atoms with Gasteiger partial charge in [-0.05, 0) is 31.6 Å². The largest absolute Gasteiger partial charge is 0.388 e. The Morgan fingerprint density at radius 3 is 2.72 bits per heavy atom. The highest BCUT2D eigenvalue weighted by Gasteiger charge is 2.33. The van der Waals surface area contributed by atoms with Crippen molar-refractivity contribution in [1.82, 2.24) is 5.32 Å². The molecule has 0 aromatic heterocycles. The summed E-state index contributed by atoms with van der Waals surface area (Å²) in [5, 5.41) is 13.1. The third-order valence-electron chi connectivity index (χ3n) is 3.91. The molecule has 5 nitrogen and oxygen atoms in total. The summed E-state index contributed by atoms with van der Waals surface area (Å²) >= 11 is 0. The SMILES string of the molecule is CC1CCC(O)(CNC(=O)C2COCCO2)CC1. The summed E-state index contributed by atoms with van der Waals surface area (Å²) in [4.78, 5) is 11.8. The first-order chi connectivity index (χ1) is 8.59. The highest BCUT2D eigenvalue weighted by Crippen LogP contribution is 2.31.